The van der Waals surface area contributed by atoms with Gasteiger partial charge in [-0.2, -0.15) is 0 Å². The highest BCUT2D eigenvalue weighted by atomic mass is 16.5. The standard InChI is InChI=1S/C25H33N3O4/c1-24(2)19-12-25(16-31-21(19)18-6-5-7-20(29-3)22(18)32-24)8-10-28(11-9-25)15-17-13-26-23(30-4)27-14-17/h5-7,13-14,19,21H,8-12,15-16H2,1-4H3/t19-,21+/m0/s1. The monoisotopic (exact) mass is 439 g/mol. The molecule has 32 heavy (non-hydrogen) atoms. The smallest absolute Gasteiger partial charge is 0.316 e. The van der Waals surface area contributed by atoms with Crippen molar-refractivity contribution in [2.45, 2.75) is 51.4 Å². The Morgan fingerprint density at radius 3 is 2.53 bits per heavy atom. The molecular formula is C25H33N3O4. The number of fused-ring (bicyclic) bond motifs is 3. The first-order valence-corrected chi connectivity index (χ1v) is 11.5. The van der Waals surface area contributed by atoms with Gasteiger partial charge in [0.1, 0.15) is 5.60 Å². The van der Waals surface area contributed by atoms with Gasteiger partial charge in [-0.3, -0.25) is 4.90 Å². The molecule has 172 valence electrons. The van der Waals surface area contributed by atoms with Gasteiger partial charge in [0.25, 0.3) is 0 Å². The highest BCUT2D eigenvalue weighted by Crippen LogP contribution is 2.57. The zero-order valence-corrected chi connectivity index (χ0v) is 19.5. The minimum atomic E-state index is -0.308. The van der Waals surface area contributed by atoms with Gasteiger partial charge in [-0.15, -0.1) is 0 Å². The average molecular weight is 440 g/mol. The minimum Gasteiger partial charge on any atom is -0.493 e. The fourth-order valence-electron chi connectivity index (χ4n) is 5.62. The molecule has 0 N–H and O–H groups in total. The average Bonchev–Trinajstić information content (AvgIpc) is 2.81. The Morgan fingerprint density at radius 2 is 1.84 bits per heavy atom. The van der Waals surface area contributed by atoms with Gasteiger partial charge in [0.05, 0.1) is 26.9 Å². The molecule has 1 aromatic carbocycles. The quantitative estimate of drug-likeness (QED) is 0.713. The Morgan fingerprint density at radius 1 is 1.09 bits per heavy atom. The zero-order chi connectivity index (χ0) is 22.3. The van der Waals surface area contributed by atoms with Gasteiger partial charge in [-0.25, -0.2) is 9.97 Å². The largest absolute Gasteiger partial charge is 0.493 e. The van der Waals surface area contributed by atoms with Crippen LogP contribution in [0, 0.1) is 11.3 Å². The lowest BCUT2D eigenvalue weighted by Crippen LogP contribution is -2.54. The van der Waals surface area contributed by atoms with Crippen LogP contribution in [0.4, 0.5) is 0 Å². The number of methoxy groups -OCH3 is 2. The second kappa shape index (κ2) is 8.19. The molecule has 1 aromatic heterocycles. The van der Waals surface area contributed by atoms with Crippen LogP contribution in [0.2, 0.25) is 0 Å². The molecule has 5 rings (SSSR count). The number of likely N-dealkylation sites (tertiary alicyclic amines) is 1. The summed E-state index contributed by atoms with van der Waals surface area (Å²) >= 11 is 0. The number of aromatic nitrogens is 2. The molecule has 3 aliphatic heterocycles. The van der Waals surface area contributed by atoms with Gasteiger partial charge in [-0.05, 0) is 57.7 Å². The number of piperidine rings is 1. The van der Waals surface area contributed by atoms with Gasteiger partial charge in [0.15, 0.2) is 11.5 Å². The maximum absolute atomic E-state index is 6.63. The molecular weight excluding hydrogens is 406 g/mol. The minimum absolute atomic E-state index is 0.0592. The zero-order valence-electron chi connectivity index (χ0n) is 19.5. The lowest BCUT2D eigenvalue weighted by molar-refractivity contribution is -0.174. The Kier molecular flexibility index (Phi) is 5.50. The van der Waals surface area contributed by atoms with Crippen molar-refractivity contribution < 1.29 is 18.9 Å². The topological polar surface area (TPSA) is 65.9 Å². The molecule has 2 aromatic rings. The van der Waals surface area contributed by atoms with Gasteiger partial charge in [-0.1, -0.05) is 12.1 Å². The summed E-state index contributed by atoms with van der Waals surface area (Å²) in [6.07, 6.45) is 7.17. The number of ether oxygens (including phenoxy) is 4. The predicted molar refractivity (Wildman–Crippen MR) is 120 cm³/mol. The molecule has 3 aliphatic rings. The summed E-state index contributed by atoms with van der Waals surface area (Å²) in [7, 11) is 3.28. The third-order valence-corrected chi connectivity index (χ3v) is 7.57. The van der Waals surface area contributed by atoms with E-state index >= 15 is 0 Å². The first kappa shape index (κ1) is 21.5. The second-order valence-electron chi connectivity index (χ2n) is 9.98. The molecule has 0 radical (unpaired) electrons. The number of hydrogen-bond donors (Lipinski definition) is 0. The Hall–Kier alpha value is -2.38. The molecule has 0 aliphatic carbocycles. The number of benzene rings is 1. The van der Waals surface area contributed by atoms with Crippen LogP contribution in [0.25, 0.3) is 0 Å². The highest BCUT2D eigenvalue weighted by Gasteiger charge is 2.53. The van der Waals surface area contributed by atoms with Crippen LogP contribution in [0.15, 0.2) is 30.6 Å². The summed E-state index contributed by atoms with van der Waals surface area (Å²) in [5.74, 6) is 1.94. The van der Waals surface area contributed by atoms with Crippen molar-refractivity contribution in [1.29, 1.82) is 0 Å². The molecule has 4 heterocycles. The van der Waals surface area contributed by atoms with Gasteiger partial charge in [0, 0.05) is 36.0 Å². The third-order valence-electron chi connectivity index (χ3n) is 7.57. The molecule has 2 atom stereocenters. The highest BCUT2D eigenvalue weighted by molar-refractivity contribution is 5.50. The van der Waals surface area contributed by atoms with Crippen molar-refractivity contribution >= 4 is 0 Å². The van der Waals surface area contributed by atoms with Crippen molar-refractivity contribution in [3.8, 4) is 17.5 Å². The Bertz CT molecular complexity index is 954. The molecule has 7 heteroatoms. The van der Waals surface area contributed by atoms with Crippen LogP contribution in [-0.2, 0) is 11.3 Å². The maximum Gasteiger partial charge on any atom is 0.316 e. The van der Waals surface area contributed by atoms with E-state index in [1.165, 1.54) is 0 Å². The van der Waals surface area contributed by atoms with E-state index in [0.29, 0.717) is 11.9 Å². The molecule has 0 saturated carbocycles. The van der Waals surface area contributed by atoms with Crippen LogP contribution in [0.5, 0.6) is 17.5 Å². The first-order valence-electron chi connectivity index (χ1n) is 11.5. The van der Waals surface area contributed by atoms with E-state index in [4.69, 9.17) is 18.9 Å². The summed E-state index contributed by atoms with van der Waals surface area (Å²) in [4.78, 5) is 11.0. The van der Waals surface area contributed by atoms with Gasteiger partial charge >= 0.3 is 6.01 Å². The summed E-state index contributed by atoms with van der Waals surface area (Å²) in [6, 6.07) is 6.54. The van der Waals surface area contributed by atoms with E-state index < -0.39 is 0 Å². The summed E-state index contributed by atoms with van der Waals surface area (Å²) in [6.45, 7) is 8.18. The van der Waals surface area contributed by atoms with Crippen molar-refractivity contribution in [2.24, 2.45) is 11.3 Å². The fraction of sp³-hybridized carbons (Fsp3) is 0.600. The Balaban J connectivity index is 1.28. The predicted octanol–water partition coefficient (Wildman–Crippen LogP) is 4.02. The van der Waals surface area contributed by atoms with Crippen LogP contribution in [-0.4, -0.2) is 54.4 Å². The molecule has 7 nitrogen and oxygen atoms in total. The van der Waals surface area contributed by atoms with Crippen molar-refractivity contribution in [3.05, 3.63) is 41.7 Å². The number of rotatable bonds is 4. The van der Waals surface area contributed by atoms with Crippen LogP contribution < -0.4 is 14.2 Å². The van der Waals surface area contributed by atoms with E-state index in [0.717, 1.165) is 68.1 Å². The molecule has 0 bridgehead atoms. The van der Waals surface area contributed by atoms with Gasteiger partial charge in [0.2, 0.25) is 0 Å². The third kappa shape index (κ3) is 3.82. The van der Waals surface area contributed by atoms with E-state index in [-0.39, 0.29) is 17.1 Å². The van der Waals surface area contributed by atoms with Crippen molar-refractivity contribution in [1.82, 2.24) is 14.9 Å². The fourth-order valence-corrected chi connectivity index (χ4v) is 5.62. The molecule has 0 amide bonds. The van der Waals surface area contributed by atoms with Crippen molar-refractivity contribution in [2.75, 3.05) is 33.9 Å². The molecule has 0 unspecified atom stereocenters. The summed E-state index contributed by atoms with van der Waals surface area (Å²) < 4.78 is 23.8. The van der Waals surface area contributed by atoms with E-state index in [2.05, 4.69) is 34.8 Å². The normalized spacial score (nSPS) is 26.0. The number of para-hydroxylation sites is 1. The van der Waals surface area contributed by atoms with Crippen LogP contribution in [0.3, 0.4) is 0 Å². The number of hydrogen-bond acceptors (Lipinski definition) is 7. The maximum atomic E-state index is 6.63. The van der Waals surface area contributed by atoms with Crippen LogP contribution >= 0.6 is 0 Å². The lowest BCUT2D eigenvalue weighted by Gasteiger charge is -2.54. The molecule has 2 saturated heterocycles. The SMILES string of the molecule is COc1ncc(CN2CCC3(CC2)CO[C@@H]2c4cccc(OC)c4OC(C)(C)[C@H]2C3)cn1. The van der Waals surface area contributed by atoms with Crippen LogP contribution in [0.1, 0.15) is 50.3 Å². The number of nitrogens with zero attached hydrogens (tertiary/aromatic N) is 3. The summed E-state index contributed by atoms with van der Waals surface area (Å²) in [5, 5.41) is 0. The lowest BCUT2D eigenvalue weighted by atomic mass is 9.64. The molecule has 1 spiro atoms. The Labute approximate surface area is 190 Å². The van der Waals surface area contributed by atoms with E-state index in [1.54, 1.807) is 14.2 Å². The molecule has 2 fully saturated rings. The second-order valence-corrected chi connectivity index (χ2v) is 9.98. The van der Waals surface area contributed by atoms with E-state index in [1.807, 2.05) is 24.5 Å². The van der Waals surface area contributed by atoms with Crippen molar-refractivity contribution in [3.63, 3.8) is 0 Å². The van der Waals surface area contributed by atoms with Gasteiger partial charge < -0.3 is 18.9 Å². The van der Waals surface area contributed by atoms with E-state index in [9.17, 15) is 0 Å². The summed E-state index contributed by atoms with van der Waals surface area (Å²) in [5.41, 5.74) is 2.15. The first-order chi connectivity index (χ1) is 15.4.